The normalized spacial score (nSPS) is 15.4. The van der Waals surface area contributed by atoms with Crippen molar-refractivity contribution in [2.45, 2.75) is 6.18 Å². The fraction of sp³-hybridized carbons (Fsp3) is 0.333. The van der Waals surface area contributed by atoms with Crippen LogP contribution in [0.5, 0.6) is 0 Å². The van der Waals surface area contributed by atoms with Crippen molar-refractivity contribution < 1.29 is 17.9 Å². The van der Waals surface area contributed by atoms with E-state index in [1.54, 1.807) is 18.2 Å². The smallest absolute Gasteiger partial charge is 0.378 e. The number of benzene rings is 1. The van der Waals surface area contributed by atoms with E-state index in [1.165, 1.54) is 0 Å². The molecule has 128 valence electrons. The highest BCUT2D eigenvalue weighted by Gasteiger charge is 2.31. The van der Waals surface area contributed by atoms with Crippen LogP contribution in [0.15, 0.2) is 30.6 Å². The van der Waals surface area contributed by atoms with Crippen LogP contribution in [0.2, 0.25) is 5.02 Å². The Labute approximate surface area is 141 Å². The third-order valence-electron chi connectivity index (χ3n) is 3.54. The lowest BCUT2D eigenvalue weighted by atomic mass is 10.2. The first-order chi connectivity index (χ1) is 11.4. The molecule has 1 aromatic carbocycles. The summed E-state index contributed by atoms with van der Waals surface area (Å²) in [5, 5.41) is 3.47. The molecule has 0 amide bonds. The molecule has 1 saturated heterocycles. The van der Waals surface area contributed by atoms with E-state index in [1.807, 2.05) is 0 Å². The Morgan fingerprint density at radius 1 is 1.12 bits per heavy atom. The highest BCUT2D eigenvalue weighted by molar-refractivity contribution is 6.34. The number of anilines is 3. The summed E-state index contributed by atoms with van der Waals surface area (Å²) in [5.41, 5.74) is 0.489. The lowest BCUT2D eigenvalue weighted by Gasteiger charge is -2.31. The van der Waals surface area contributed by atoms with Crippen molar-refractivity contribution in [1.29, 1.82) is 0 Å². The molecule has 1 aliphatic heterocycles. The first kappa shape index (κ1) is 16.8. The van der Waals surface area contributed by atoms with E-state index >= 15 is 0 Å². The maximum atomic E-state index is 12.6. The second-order valence-corrected chi connectivity index (χ2v) is 5.56. The van der Waals surface area contributed by atoms with E-state index in [9.17, 15) is 13.2 Å². The van der Waals surface area contributed by atoms with Crippen molar-refractivity contribution in [2.24, 2.45) is 0 Å². The zero-order valence-corrected chi connectivity index (χ0v) is 13.2. The molecule has 2 aromatic rings. The van der Waals surface area contributed by atoms with Crippen molar-refractivity contribution in [3.63, 3.8) is 0 Å². The average molecular weight is 359 g/mol. The van der Waals surface area contributed by atoms with Crippen molar-refractivity contribution in [2.75, 3.05) is 36.5 Å². The van der Waals surface area contributed by atoms with Crippen LogP contribution in [0.25, 0.3) is 0 Å². The summed E-state index contributed by atoms with van der Waals surface area (Å²) in [6.45, 7) is 2.52. The largest absolute Gasteiger partial charge is 0.419 e. The predicted molar refractivity (Wildman–Crippen MR) is 84.8 cm³/mol. The van der Waals surface area contributed by atoms with Crippen LogP contribution in [0.4, 0.5) is 30.5 Å². The van der Waals surface area contributed by atoms with Gasteiger partial charge in [0.05, 0.1) is 35.2 Å². The average Bonchev–Trinajstić information content (AvgIpc) is 2.55. The van der Waals surface area contributed by atoms with E-state index in [0.29, 0.717) is 37.0 Å². The van der Waals surface area contributed by atoms with Crippen molar-refractivity contribution >= 4 is 28.9 Å². The molecule has 0 radical (unpaired) electrons. The van der Waals surface area contributed by atoms with Crippen molar-refractivity contribution in [3.05, 3.63) is 41.2 Å². The first-order valence-electron chi connectivity index (χ1n) is 7.22. The van der Waals surface area contributed by atoms with E-state index in [0.717, 1.165) is 18.1 Å². The first-order valence-corrected chi connectivity index (χ1v) is 7.60. The monoisotopic (exact) mass is 358 g/mol. The van der Waals surface area contributed by atoms with E-state index in [2.05, 4.69) is 20.2 Å². The molecule has 1 aromatic heterocycles. The van der Waals surface area contributed by atoms with Crippen LogP contribution in [0.3, 0.4) is 0 Å². The maximum absolute atomic E-state index is 12.6. The summed E-state index contributed by atoms with van der Waals surface area (Å²) < 4.78 is 43.0. The van der Waals surface area contributed by atoms with Crippen LogP contribution in [-0.4, -0.2) is 36.3 Å². The summed E-state index contributed by atoms with van der Waals surface area (Å²) in [5.74, 6) is 0.0692. The Hall–Kier alpha value is -2.06. The van der Waals surface area contributed by atoms with Crippen molar-refractivity contribution in [3.8, 4) is 0 Å². The van der Waals surface area contributed by atoms with Gasteiger partial charge in [0.15, 0.2) is 0 Å². The van der Waals surface area contributed by atoms with Gasteiger partial charge in [-0.3, -0.25) is 0 Å². The summed E-state index contributed by atoms with van der Waals surface area (Å²) in [6, 6.07) is 5.28. The Balaban J connectivity index is 1.86. The molecule has 0 aliphatic carbocycles. The van der Waals surface area contributed by atoms with Crippen LogP contribution in [0.1, 0.15) is 5.56 Å². The van der Waals surface area contributed by atoms with Gasteiger partial charge in [0, 0.05) is 25.5 Å². The Morgan fingerprint density at radius 2 is 1.79 bits per heavy atom. The van der Waals surface area contributed by atoms with Gasteiger partial charge in [-0.2, -0.15) is 13.2 Å². The zero-order valence-electron chi connectivity index (χ0n) is 12.5. The van der Waals surface area contributed by atoms with Crippen LogP contribution < -0.4 is 10.2 Å². The molecule has 24 heavy (non-hydrogen) atoms. The molecule has 0 atom stereocenters. The SMILES string of the molecule is FC(F)(F)c1cnc(Nc2cccc(Cl)c2N2CCOCC2)nc1. The number of alkyl halides is 3. The molecule has 0 bridgehead atoms. The Bertz CT molecular complexity index is 703. The quantitative estimate of drug-likeness (QED) is 0.906. The van der Waals surface area contributed by atoms with Crippen LogP contribution in [0, 0.1) is 0 Å². The minimum absolute atomic E-state index is 0.0692. The lowest BCUT2D eigenvalue weighted by Crippen LogP contribution is -2.36. The lowest BCUT2D eigenvalue weighted by molar-refractivity contribution is -0.138. The maximum Gasteiger partial charge on any atom is 0.419 e. The summed E-state index contributed by atoms with van der Waals surface area (Å²) in [7, 11) is 0. The van der Waals surface area contributed by atoms with Gasteiger partial charge in [-0.05, 0) is 12.1 Å². The number of nitrogens with zero attached hydrogens (tertiary/aromatic N) is 3. The van der Waals surface area contributed by atoms with Gasteiger partial charge in [0.25, 0.3) is 0 Å². The summed E-state index contributed by atoms with van der Waals surface area (Å²) in [4.78, 5) is 9.51. The van der Waals surface area contributed by atoms with Crippen LogP contribution >= 0.6 is 11.6 Å². The van der Waals surface area contributed by atoms with Gasteiger partial charge < -0.3 is 15.0 Å². The number of para-hydroxylation sites is 1. The second kappa shape index (κ2) is 6.82. The molecule has 0 saturated carbocycles. The highest BCUT2D eigenvalue weighted by Crippen LogP contribution is 2.36. The number of hydrogen-bond acceptors (Lipinski definition) is 5. The van der Waals surface area contributed by atoms with E-state index in [-0.39, 0.29) is 5.95 Å². The number of ether oxygens (including phenoxy) is 1. The standard InChI is InChI=1S/C15H14ClF3N4O/c16-11-2-1-3-12(13(11)23-4-6-24-7-5-23)22-14-20-8-10(9-21-14)15(17,18)19/h1-3,8-9H,4-7H2,(H,20,21,22). The molecule has 2 heterocycles. The molecule has 5 nitrogen and oxygen atoms in total. The van der Waals surface area contributed by atoms with Gasteiger partial charge in [0.2, 0.25) is 5.95 Å². The zero-order chi connectivity index (χ0) is 17.2. The number of nitrogens with one attached hydrogen (secondary N) is 1. The second-order valence-electron chi connectivity index (χ2n) is 5.15. The van der Waals surface area contributed by atoms with Gasteiger partial charge in [-0.25, -0.2) is 9.97 Å². The minimum atomic E-state index is -4.46. The molecular weight excluding hydrogens is 345 g/mol. The Kier molecular flexibility index (Phi) is 4.77. The Morgan fingerprint density at radius 3 is 2.42 bits per heavy atom. The fourth-order valence-electron chi connectivity index (χ4n) is 2.38. The molecule has 1 fully saturated rings. The third kappa shape index (κ3) is 3.70. The minimum Gasteiger partial charge on any atom is -0.378 e. The van der Waals surface area contributed by atoms with Gasteiger partial charge in [-0.1, -0.05) is 17.7 Å². The molecule has 1 N–H and O–H groups in total. The van der Waals surface area contributed by atoms with Crippen molar-refractivity contribution in [1.82, 2.24) is 9.97 Å². The molecule has 1 aliphatic rings. The number of hydrogen-bond donors (Lipinski definition) is 1. The van der Waals surface area contributed by atoms with E-state index < -0.39 is 11.7 Å². The molecular formula is C15H14ClF3N4O. The fourth-order valence-corrected chi connectivity index (χ4v) is 2.68. The topological polar surface area (TPSA) is 50.3 Å². The third-order valence-corrected chi connectivity index (χ3v) is 3.84. The molecule has 3 rings (SSSR count). The van der Waals surface area contributed by atoms with Gasteiger partial charge in [0.1, 0.15) is 0 Å². The molecule has 0 spiro atoms. The van der Waals surface area contributed by atoms with Crippen LogP contribution in [-0.2, 0) is 10.9 Å². The van der Waals surface area contributed by atoms with E-state index in [4.69, 9.17) is 16.3 Å². The summed E-state index contributed by atoms with van der Waals surface area (Å²) in [6.07, 6.45) is -2.98. The van der Waals surface area contributed by atoms with Gasteiger partial charge in [-0.15, -0.1) is 0 Å². The molecule has 0 unspecified atom stereocenters. The number of aromatic nitrogens is 2. The predicted octanol–water partition coefficient (Wildman–Crippen LogP) is 3.73. The highest BCUT2D eigenvalue weighted by atomic mass is 35.5. The number of rotatable bonds is 3. The number of morpholine rings is 1. The van der Waals surface area contributed by atoms with Gasteiger partial charge >= 0.3 is 6.18 Å². The number of halogens is 4. The summed E-state index contributed by atoms with van der Waals surface area (Å²) >= 11 is 6.30. The molecule has 9 heteroatoms.